The maximum Gasteiger partial charge on any atom is 0.111 e. The fourth-order valence-corrected chi connectivity index (χ4v) is 3.38. The third kappa shape index (κ3) is 2.55. The van der Waals surface area contributed by atoms with E-state index in [2.05, 4.69) is 16.4 Å². The van der Waals surface area contributed by atoms with Crippen LogP contribution in [-0.4, -0.2) is 18.2 Å². The number of anilines is 1. The van der Waals surface area contributed by atoms with E-state index in [4.69, 9.17) is 27.9 Å². The van der Waals surface area contributed by atoms with Gasteiger partial charge in [-0.1, -0.05) is 47.5 Å². The number of benzene rings is 2. The Morgan fingerprint density at radius 1 is 1.04 bits per heavy atom. The van der Waals surface area contributed by atoms with Crippen LogP contribution in [0.5, 0.6) is 0 Å². The summed E-state index contributed by atoms with van der Waals surface area (Å²) in [5, 5.41) is 5.80. The van der Waals surface area contributed by atoms with Gasteiger partial charge in [0.25, 0.3) is 0 Å². The predicted octanol–water partition coefficient (Wildman–Crippen LogP) is 4.88. The summed E-state index contributed by atoms with van der Waals surface area (Å²) in [7, 11) is 0. The van der Waals surface area contributed by atoms with Crippen LogP contribution in [0.2, 0.25) is 10.0 Å². The number of aromatic nitrogens is 1. The molecule has 0 saturated carbocycles. The highest BCUT2D eigenvalue weighted by atomic mass is 35.5. The Labute approximate surface area is 144 Å². The molecule has 0 radical (unpaired) electrons. The largest absolute Gasteiger partial charge is 0.376 e. The zero-order valence-corrected chi connectivity index (χ0v) is 13.7. The quantitative estimate of drug-likeness (QED) is 0.735. The molecule has 0 aliphatic carbocycles. The first-order chi connectivity index (χ1) is 11.2. The van der Waals surface area contributed by atoms with Crippen LogP contribution in [0, 0.1) is 0 Å². The van der Waals surface area contributed by atoms with Crippen molar-refractivity contribution in [1.29, 1.82) is 0 Å². The number of fused-ring (bicyclic) bond motifs is 1. The van der Waals surface area contributed by atoms with E-state index in [1.54, 1.807) is 12.3 Å². The molecule has 2 heterocycles. The smallest absolute Gasteiger partial charge is 0.111 e. The highest BCUT2D eigenvalue weighted by Gasteiger charge is 2.42. The molecule has 1 aliphatic rings. The Morgan fingerprint density at radius 3 is 2.70 bits per heavy atom. The fourth-order valence-electron chi connectivity index (χ4n) is 2.90. The summed E-state index contributed by atoms with van der Waals surface area (Å²) in [5.41, 5.74) is 2.53. The summed E-state index contributed by atoms with van der Waals surface area (Å²) in [4.78, 5) is 4.40. The number of halogens is 2. The van der Waals surface area contributed by atoms with Crippen LogP contribution in [0.3, 0.4) is 0 Å². The van der Waals surface area contributed by atoms with Gasteiger partial charge in [-0.3, -0.25) is 4.98 Å². The van der Waals surface area contributed by atoms with Gasteiger partial charge in [0.15, 0.2) is 0 Å². The zero-order chi connectivity index (χ0) is 15.9. The van der Waals surface area contributed by atoms with Crippen LogP contribution >= 0.6 is 23.2 Å². The van der Waals surface area contributed by atoms with Crippen molar-refractivity contribution in [2.24, 2.45) is 0 Å². The fraction of sp³-hybridized carbons (Fsp3) is 0.167. The van der Waals surface area contributed by atoms with Gasteiger partial charge in [0, 0.05) is 22.8 Å². The summed E-state index contributed by atoms with van der Waals surface area (Å²) in [5.74, 6) is 0. The van der Waals surface area contributed by atoms with Crippen LogP contribution in [0.1, 0.15) is 5.56 Å². The molecule has 1 saturated heterocycles. The van der Waals surface area contributed by atoms with Crippen molar-refractivity contribution in [2.75, 3.05) is 18.5 Å². The Bertz CT molecular complexity index is 878. The van der Waals surface area contributed by atoms with E-state index in [9.17, 15) is 0 Å². The Morgan fingerprint density at radius 2 is 1.91 bits per heavy atom. The molecule has 4 rings (SSSR count). The Kier molecular flexibility index (Phi) is 3.64. The van der Waals surface area contributed by atoms with E-state index in [0.29, 0.717) is 23.3 Å². The molecule has 0 amide bonds. The van der Waals surface area contributed by atoms with Gasteiger partial charge in [-0.2, -0.15) is 0 Å². The monoisotopic (exact) mass is 344 g/mol. The number of hydrogen-bond donors (Lipinski definition) is 1. The van der Waals surface area contributed by atoms with Crippen molar-refractivity contribution < 1.29 is 4.74 Å². The lowest BCUT2D eigenvalue weighted by atomic mass is 9.87. The third-order valence-electron chi connectivity index (χ3n) is 4.15. The van der Waals surface area contributed by atoms with E-state index >= 15 is 0 Å². The Hall–Kier alpha value is -1.81. The molecule has 116 valence electrons. The molecule has 0 bridgehead atoms. The molecular formula is C18H14Cl2N2O. The second-order valence-electron chi connectivity index (χ2n) is 5.71. The van der Waals surface area contributed by atoms with Gasteiger partial charge in [-0.05, 0) is 24.3 Å². The van der Waals surface area contributed by atoms with Crippen molar-refractivity contribution in [3.05, 3.63) is 70.3 Å². The van der Waals surface area contributed by atoms with Crippen molar-refractivity contribution >= 4 is 39.8 Å². The minimum Gasteiger partial charge on any atom is -0.376 e. The van der Waals surface area contributed by atoms with Crippen LogP contribution in [0.4, 0.5) is 5.69 Å². The summed E-state index contributed by atoms with van der Waals surface area (Å²) >= 11 is 12.6. The Balaban J connectivity index is 1.73. The molecule has 0 unspecified atom stereocenters. The lowest BCUT2D eigenvalue weighted by Gasteiger charge is -2.43. The van der Waals surface area contributed by atoms with Crippen molar-refractivity contribution in [2.45, 2.75) is 5.54 Å². The first-order valence-corrected chi connectivity index (χ1v) is 8.09. The minimum absolute atomic E-state index is 0.357. The molecule has 1 aromatic heterocycles. The van der Waals surface area contributed by atoms with Crippen LogP contribution in [0.25, 0.3) is 10.9 Å². The van der Waals surface area contributed by atoms with Crippen molar-refractivity contribution in [3.8, 4) is 0 Å². The van der Waals surface area contributed by atoms with E-state index in [1.165, 1.54) is 0 Å². The summed E-state index contributed by atoms with van der Waals surface area (Å²) in [6, 6.07) is 15.8. The molecule has 1 fully saturated rings. The number of nitrogens with zero attached hydrogens (tertiary/aromatic N) is 1. The zero-order valence-electron chi connectivity index (χ0n) is 12.2. The van der Waals surface area contributed by atoms with Crippen LogP contribution in [0.15, 0.2) is 54.7 Å². The van der Waals surface area contributed by atoms with Gasteiger partial charge in [-0.25, -0.2) is 0 Å². The molecule has 1 N–H and O–H groups in total. The third-order valence-corrected chi connectivity index (χ3v) is 4.97. The van der Waals surface area contributed by atoms with Gasteiger partial charge in [0.1, 0.15) is 5.54 Å². The average Bonchev–Trinajstić information content (AvgIpc) is 2.54. The number of hydrogen-bond acceptors (Lipinski definition) is 3. The lowest BCUT2D eigenvalue weighted by molar-refractivity contribution is -0.0446. The highest BCUT2D eigenvalue weighted by molar-refractivity contribution is 6.42. The summed E-state index contributed by atoms with van der Waals surface area (Å²) in [6.07, 6.45) is 1.79. The molecule has 3 aromatic rings. The standard InChI is InChI=1S/C18H14Cl2N2O/c19-15-5-1-4-14(17(15)20)18(10-23-11-18)22-13-7-6-12-3-2-8-21-16(12)9-13/h1-9,22H,10-11H2. The normalized spacial score (nSPS) is 16.1. The number of ether oxygens (including phenoxy) is 1. The van der Waals surface area contributed by atoms with Crippen molar-refractivity contribution in [1.82, 2.24) is 4.98 Å². The van der Waals surface area contributed by atoms with E-state index < -0.39 is 0 Å². The van der Waals surface area contributed by atoms with Gasteiger partial charge in [0.05, 0.1) is 28.8 Å². The maximum absolute atomic E-state index is 6.41. The minimum atomic E-state index is -0.357. The predicted molar refractivity (Wildman–Crippen MR) is 94.3 cm³/mol. The summed E-state index contributed by atoms with van der Waals surface area (Å²) in [6.45, 7) is 1.10. The maximum atomic E-state index is 6.41. The SMILES string of the molecule is Clc1cccc(C2(Nc3ccc4cccnc4c3)COC2)c1Cl. The van der Waals surface area contributed by atoms with Crippen LogP contribution < -0.4 is 5.32 Å². The molecular weight excluding hydrogens is 331 g/mol. The van der Waals surface area contributed by atoms with E-state index in [1.807, 2.05) is 36.4 Å². The molecule has 2 aromatic carbocycles. The van der Waals surface area contributed by atoms with Gasteiger partial charge >= 0.3 is 0 Å². The van der Waals surface area contributed by atoms with Crippen molar-refractivity contribution in [3.63, 3.8) is 0 Å². The lowest BCUT2D eigenvalue weighted by Crippen LogP contribution is -2.53. The number of rotatable bonds is 3. The molecule has 0 atom stereocenters. The number of pyridine rings is 1. The average molecular weight is 345 g/mol. The molecule has 23 heavy (non-hydrogen) atoms. The van der Waals surface area contributed by atoms with Gasteiger partial charge in [-0.15, -0.1) is 0 Å². The van der Waals surface area contributed by atoms with E-state index in [-0.39, 0.29) is 5.54 Å². The molecule has 1 aliphatic heterocycles. The molecule has 0 spiro atoms. The summed E-state index contributed by atoms with van der Waals surface area (Å²) < 4.78 is 5.47. The molecule has 5 heteroatoms. The highest BCUT2D eigenvalue weighted by Crippen LogP contribution is 2.40. The topological polar surface area (TPSA) is 34.2 Å². The first kappa shape index (κ1) is 14.8. The molecule has 3 nitrogen and oxygen atoms in total. The first-order valence-electron chi connectivity index (χ1n) is 7.33. The second-order valence-corrected chi connectivity index (χ2v) is 6.50. The van der Waals surface area contributed by atoms with Gasteiger partial charge < -0.3 is 10.1 Å². The van der Waals surface area contributed by atoms with E-state index in [0.717, 1.165) is 22.2 Å². The number of nitrogens with one attached hydrogen (secondary N) is 1. The van der Waals surface area contributed by atoms with Gasteiger partial charge in [0.2, 0.25) is 0 Å². The second kappa shape index (κ2) is 5.68. The van der Waals surface area contributed by atoms with Crippen LogP contribution in [-0.2, 0) is 10.3 Å².